The van der Waals surface area contributed by atoms with Crippen LogP contribution in [0.25, 0.3) is 0 Å². The van der Waals surface area contributed by atoms with Crippen LogP contribution >= 0.6 is 0 Å². The highest BCUT2D eigenvalue weighted by Gasteiger charge is 2.26. The molecule has 1 aromatic rings. The molecule has 1 aromatic heterocycles. The van der Waals surface area contributed by atoms with Gasteiger partial charge >= 0.3 is 0 Å². The average Bonchev–Trinajstić information content (AvgIpc) is 2.47. The van der Waals surface area contributed by atoms with Gasteiger partial charge in [0.25, 0.3) is 5.91 Å². The van der Waals surface area contributed by atoms with E-state index in [1.165, 1.54) is 12.3 Å². The minimum atomic E-state index is -0.677. The number of halogens is 1. The number of carbonyl (C=O) groups is 1. The molecule has 2 rings (SSSR count). The van der Waals surface area contributed by atoms with Crippen molar-refractivity contribution >= 4 is 5.91 Å². The molecule has 0 radical (unpaired) electrons. The van der Waals surface area contributed by atoms with Crippen molar-refractivity contribution in [2.24, 2.45) is 5.92 Å². The molecule has 2 heterocycles. The molecule has 5 heteroatoms. The Hall–Kier alpha value is -1.49. The summed E-state index contributed by atoms with van der Waals surface area (Å²) in [7, 11) is 2.13. The molecular weight excluding hydrogens is 269 g/mol. The Kier molecular flexibility index (Phi) is 5.28. The molecule has 4 nitrogen and oxygen atoms in total. The predicted octanol–water partition coefficient (Wildman–Crippen LogP) is 2.41. The van der Waals surface area contributed by atoms with Gasteiger partial charge in [-0.3, -0.25) is 4.79 Å². The van der Waals surface area contributed by atoms with Crippen molar-refractivity contribution in [2.45, 2.75) is 32.7 Å². The molecule has 21 heavy (non-hydrogen) atoms. The Morgan fingerprint density at radius 2 is 2.14 bits per heavy atom. The minimum absolute atomic E-state index is 0.0789. The molecule has 1 aliphatic heterocycles. The lowest BCUT2D eigenvalue weighted by atomic mass is 9.95. The monoisotopic (exact) mass is 293 g/mol. The van der Waals surface area contributed by atoms with Crippen molar-refractivity contribution in [1.82, 2.24) is 14.8 Å². The molecular formula is C16H24FN3O. The van der Waals surface area contributed by atoms with Gasteiger partial charge in [0.15, 0.2) is 0 Å². The largest absolute Gasteiger partial charge is 0.338 e. The minimum Gasteiger partial charge on any atom is -0.338 e. The first-order valence-corrected chi connectivity index (χ1v) is 7.59. The van der Waals surface area contributed by atoms with Crippen molar-refractivity contribution in [3.63, 3.8) is 0 Å². The number of amides is 1. The Morgan fingerprint density at radius 1 is 1.48 bits per heavy atom. The number of likely N-dealkylation sites (tertiary alicyclic amines) is 1. The van der Waals surface area contributed by atoms with Gasteiger partial charge in [-0.05, 0) is 51.8 Å². The van der Waals surface area contributed by atoms with E-state index in [2.05, 4.69) is 30.8 Å². The van der Waals surface area contributed by atoms with E-state index in [1.54, 1.807) is 11.0 Å². The van der Waals surface area contributed by atoms with Gasteiger partial charge in [-0.25, -0.2) is 4.98 Å². The molecule has 0 unspecified atom stereocenters. The second-order valence-corrected chi connectivity index (χ2v) is 6.11. The summed E-state index contributed by atoms with van der Waals surface area (Å²) in [6.07, 6.45) is 3.31. The van der Waals surface area contributed by atoms with Crippen LogP contribution in [-0.2, 0) is 0 Å². The number of pyridine rings is 1. The van der Waals surface area contributed by atoms with Crippen LogP contribution in [0.5, 0.6) is 0 Å². The topological polar surface area (TPSA) is 36.4 Å². The zero-order chi connectivity index (χ0) is 15.4. The van der Waals surface area contributed by atoms with Crippen LogP contribution in [0.15, 0.2) is 18.3 Å². The molecule has 1 saturated heterocycles. The highest BCUT2D eigenvalue weighted by molar-refractivity contribution is 5.94. The molecule has 116 valence electrons. The van der Waals surface area contributed by atoms with Gasteiger partial charge in [0.05, 0.1) is 5.56 Å². The van der Waals surface area contributed by atoms with Crippen LogP contribution in [0.1, 0.15) is 37.0 Å². The highest BCUT2D eigenvalue weighted by atomic mass is 19.1. The van der Waals surface area contributed by atoms with E-state index in [-0.39, 0.29) is 11.5 Å². The third-order valence-electron chi connectivity index (χ3n) is 4.32. The van der Waals surface area contributed by atoms with Gasteiger partial charge in [0, 0.05) is 31.9 Å². The van der Waals surface area contributed by atoms with Crippen LogP contribution < -0.4 is 0 Å². The molecule has 0 atom stereocenters. The third kappa shape index (κ3) is 4.00. The van der Waals surface area contributed by atoms with E-state index in [1.807, 2.05) is 0 Å². The molecule has 1 amide bonds. The second kappa shape index (κ2) is 6.98. The zero-order valence-corrected chi connectivity index (χ0v) is 13.1. The number of piperidine rings is 1. The first kappa shape index (κ1) is 15.9. The summed E-state index contributed by atoms with van der Waals surface area (Å²) in [5.74, 6) is -0.305. The maximum atomic E-state index is 13.6. The number of nitrogens with zero attached hydrogens (tertiary/aromatic N) is 3. The van der Waals surface area contributed by atoms with Crippen molar-refractivity contribution in [3.8, 4) is 0 Å². The summed E-state index contributed by atoms with van der Waals surface area (Å²) in [5, 5.41) is 0. The fourth-order valence-electron chi connectivity index (χ4n) is 2.65. The van der Waals surface area contributed by atoms with Gasteiger partial charge in [-0.15, -0.1) is 0 Å². The number of rotatable bonds is 4. The Balaban J connectivity index is 1.89. The van der Waals surface area contributed by atoms with E-state index in [0.29, 0.717) is 25.0 Å². The lowest BCUT2D eigenvalue weighted by molar-refractivity contribution is 0.0660. The summed E-state index contributed by atoms with van der Waals surface area (Å²) in [4.78, 5) is 19.9. The second-order valence-electron chi connectivity index (χ2n) is 6.11. The number of hydrogen-bond acceptors (Lipinski definition) is 3. The molecule has 0 N–H and O–H groups in total. The smallest absolute Gasteiger partial charge is 0.258 e. The normalized spacial score (nSPS) is 16.8. The van der Waals surface area contributed by atoms with Crippen molar-refractivity contribution in [3.05, 3.63) is 29.8 Å². The Labute approximate surface area is 126 Å². The van der Waals surface area contributed by atoms with Gasteiger partial charge < -0.3 is 9.80 Å². The SMILES string of the molecule is CC(C)N(C)CC1CCN(C(=O)c2cccnc2F)CC1. The molecule has 0 spiro atoms. The van der Waals surface area contributed by atoms with Crippen molar-refractivity contribution < 1.29 is 9.18 Å². The Bertz CT molecular complexity index is 484. The molecule has 1 fully saturated rings. The maximum absolute atomic E-state index is 13.6. The van der Waals surface area contributed by atoms with Crippen molar-refractivity contribution in [1.29, 1.82) is 0 Å². The first-order valence-electron chi connectivity index (χ1n) is 7.59. The van der Waals surface area contributed by atoms with E-state index in [9.17, 15) is 9.18 Å². The molecule has 1 aliphatic rings. The van der Waals surface area contributed by atoms with E-state index in [0.717, 1.165) is 19.4 Å². The summed E-state index contributed by atoms with van der Waals surface area (Å²) < 4.78 is 13.6. The van der Waals surface area contributed by atoms with Gasteiger partial charge in [-0.2, -0.15) is 4.39 Å². The number of hydrogen-bond donors (Lipinski definition) is 0. The Morgan fingerprint density at radius 3 is 2.71 bits per heavy atom. The van der Waals surface area contributed by atoms with E-state index < -0.39 is 5.95 Å². The standard InChI is InChI=1S/C16H24FN3O/c1-12(2)19(3)11-13-6-9-20(10-7-13)16(21)14-5-4-8-18-15(14)17/h4-5,8,12-13H,6-7,9-11H2,1-3H3. The van der Waals surface area contributed by atoms with E-state index >= 15 is 0 Å². The quantitative estimate of drug-likeness (QED) is 0.800. The van der Waals surface area contributed by atoms with Crippen LogP contribution in [0.4, 0.5) is 4.39 Å². The van der Waals surface area contributed by atoms with Gasteiger partial charge in [0.1, 0.15) is 0 Å². The average molecular weight is 293 g/mol. The zero-order valence-electron chi connectivity index (χ0n) is 13.1. The predicted molar refractivity (Wildman–Crippen MR) is 80.6 cm³/mol. The summed E-state index contributed by atoms with van der Waals surface area (Å²) in [6.45, 7) is 6.82. The van der Waals surface area contributed by atoms with Crippen LogP contribution in [0.2, 0.25) is 0 Å². The van der Waals surface area contributed by atoms with E-state index in [4.69, 9.17) is 0 Å². The highest BCUT2D eigenvalue weighted by Crippen LogP contribution is 2.20. The summed E-state index contributed by atoms with van der Waals surface area (Å²) >= 11 is 0. The van der Waals surface area contributed by atoms with Gasteiger partial charge in [0.2, 0.25) is 5.95 Å². The lowest BCUT2D eigenvalue weighted by Gasteiger charge is -2.35. The van der Waals surface area contributed by atoms with Crippen LogP contribution in [0.3, 0.4) is 0 Å². The fourth-order valence-corrected chi connectivity index (χ4v) is 2.65. The van der Waals surface area contributed by atoms with Crippen LogP contribution in [0, 0.1) is 11.9 Å². The summed E-state index contributed by atoms with van der Waals surface area (Å²) in [6, 6.07) is 3.64. The number of carbonyl (C=O) groups excluding carboxylic acids is 1. The molecule has 0 saturated carbocycles. The maximum Gasteiger partial charge on any atom is 0.258 e. The van der Waals surface area contributed by atoms with Gasteiger partial charge in [-0.1, -0.05) is 0 Å². The lowest BCUT2D eigenvalue weighted by Crippen LogP contribution is -2.42. The van der Waals surface area contributed by atoms with Crippen LogP contribution in [-0.4, -0.2) is 53.4 Å². The first-order chi connectivity index (χ1) is 9.99. The van der Waals surface area contributed by atoms with Crippen molar-refractivity contribution in [2.75, 3.05) is 26.7 Å². The fraction of sp³-hybridized carbons (Fsp3) is 0.625. The molecule has 0 bridgehead atoms. The third-order valence-corrected chi connectivity index (χ3v) is 4.32. The molecule has 0 aromatic carbocycles. The molecule has 0 aliphatic carbocycles. The number of aromatic nitrogens is 1. The summed E-state index contributed by atoms with van der Waals surface area (Å²) in [5.41, 5.74) is 0.0789.